The zero-order chi connectivity index (χ0) is 15.1. The highest BCUT2D eigenvalue weighted by Crippen LogP contribution is 2.30. The van der Waals surface area contributed by atoms with Gasteiger partial charge in [-0.1, -0.05) is 0 Å². The fourth-order valence-corrected chi connectivity index (χ4v) is 4.94. The van der Waals surface area contributed by atoms with Gasteiger partial charge in [-0.25, -0.2) is 13.2 Å². The van der Waals surface area contributed by atoms with Gasteiger partial charge in [0.2, 0.25) is 15.9 Å². The molecule has 7 nitrogen and oxygen atoms in total. The summed E-state index contributed by atoms with van der Waals surface area (Å²) >= 11 is 0.876. The summed E-state index contributed by atoms with van der Waals surface area (Å²) in [6.07, 6.45) is 0. The Kier molecular flexibility index (Phi) is 3.85. The van der Waals surface area contributed by atoms with E-state index in [9.17, 15) is 18.0 Å². The minimum absolute atomic E-state index is 0.166. The molecule has 1 aliphatic heterocycles. The van der Waals surface area contributed by atoms with Gasteiger partial charge in [-0.05, 0) is 17.9 Å². The van der Waals surface area contributed by atoms with Crippen molar-refractivity contribution in [2.24, 2.45) is 0 Å². The van der Waals surface area contributed by atoms with E-state index in [1.165, 1.54) is 10.3 Å². The molecule has 1 N–H and O–H groups in total. The number of aryl methyl sites for hydroxylation is 1. The van der Waals surface area contributed by atoms with Crippen LogP contribution >= 0.6 is 11.3 Å². The molecule has 2 rings (SSSR count). The number of nitrogens with zero attached hydrogens (tertiary/aromatic N) is 2. The highest BCUT2D eigenvalue weighted by Gasteiger charge is 2.36. The van der Waals surface area contributed by atoms with E-state index in [1.807, 2.05) is 0 Å². The summed E-state index contributed by atoms with van der Waals surface area (Å²) in [6.45, 7) is 1.75. The number of carboxylic acids is 1. The molecular formula is C11H14N2O5S2. The number of carboxylic acid groups (broad SMARTS) is 1. The van der Waals surface area contributed by atoms with Crippen LogP contribution < -0.4 is 0 Å². The van der Waals surface area contributed by atoms with Gasteiger partial charge in [0.05, 0.1) is 6.54 Å². The Morgan fingerprint density at radius 2 is 2.05 bits per heavy atom. The first-order valence-corrected chi connectivity index (χ1v) is 8.12. The lowest BCUT2D eigenvalue weighted by molar-refractivity contribution is -0.132. The third kappa shape index (κ3) is 2.43. The molecule has 1 aromatic heterocycles. The Hall–Kier alpha value is -1.45. The lowest BCUT2D eigenvalue weighted by Crippen LogP contribution is -2.50. The fraction of sp³-hybridized carbons (Fsp3) is 0.455. The van der Waals surface area contributed by atoms with Crippen LogP contribution in [0.4, 0.5) is 0 Å². The molecular weight excluding hydrogens is 304 g/mol. The average Bonchev–Trinajstić information content (AvgIpc) is 2.75. The zero-order valence-electron chi connectivity index (χ0n) is 11.0. The smallest absolute Gasteiger partial charge is 0.347 e. The largest absolute Gasteiger partial charge is 0.477 e. The van der Waals surface area contributed by atoms with Gasteiger partial charge in [0.15, 0.2) is 0 Å². The van der Waals surface area contributed by atoms with Crippen LogP contribution in [0.15, 0.2) is 10.3 Å². The van der Waals surface area contributed by atoms with Gasteiger partial charge in [-0.3, -0.25) is 4.79 Å². The highest BCUT2D eigenvalue weighted by atomic mass is 32.2. The monoisotopic (exact) mass is 318 g/mol. The van der Waals surface area contributed by atoms with Gasteiger partial charge in [-0.15, -0.1) is 11.3 Å². The summed E-state index contributed by atoms with van der Waals surface area (Å²) in [5.74, 6) is -1.58. The number of hydrogen-bond donors (Lipinski definition) is 1. The molecule has 110 valence electrons. The highest BCUT2D eigenvalue weighted by molar-refractivity contribution is 7.89. The van der Waals surface area contributed by atoms with Gasteiger partial charge in [0.25, 0.3) is 0 Å². The lowest BCUT2D eigenvalue weighted by Gasteiger charge is -2.31. The molecule has 1 saturated heterocycles. The summed E-state index contributed by atoms with van der Waals surface area (Å²) in [6, 6.07) is 0. The zero-order valence-corrected chi connectivity index (χ0v) is 12.6. The number of amides is 1. The van der Waals surface area contributed by atoms with E-state index in [0.29, 0.717) is 12.1 Å². The molecule has 1 aliphatic rings. The molecule has 0 spiro atoms. The molecule has 0 aromatic carbocycles. The van der Waals surface area contributed by atoms with Gasteiger partial charge in [0.1, 0.15) is 9.77 Å². The molecule has 0 bridgehead atoms. The molecule has 1 fully saturated rings. The number of thiophene rings is 1. The van der Waals surface area contributed by atoms with Crippen LogP contribution in [-0.2, 0) is 14.8 Å². The predicted octanol–water partition coefficient (Wildman–Crippen LogP) is 0.217. The molecule has 0 unspecified atom stereocenters. The van der Waals surface area contributed by atoms with Crippen molar-refractivity contribution in [3.8, 4) is 0 Å². The van der Waals surface area contributed by atoms with Gasteiger partial charge < -0.3 is 10.0 Å². The van der Waals surface area contributed by atoms with E-state index >= 15 is 0 Å². The summed E-state index contributed by atoms with van der Waals surface area (Å²) in [7, 11) is -2.36. The first-order chi connectivity index (χ1) is 9.25. The predicted molar refractivity (Wildman–Crippen MR) is 72.4 cm³/mol. The molecule has 9 heteroatoms. The molecule has 0 atom stereocenters. The molecule has 1 amide bonds. The quantitative estimate of drug-likeness (QED) is 0.860. The summed E-state index contributed by atoms with van der Waals surface area (Å²) in [5, 5.41) is 10.6. The maximum Gasteiger partial charge on any atom is 0.347 e. The van der Waals surface area contributed by atoms with Gasteiger partial charge in [0, 0.05) is 20.1 Å². The summed E-state index contributed by atoms with van der Waals surface area (Å²) < 4.78 is 26.1. The number of carbonyl (C=O) groups is 2. The Balaban J connectivity index is 2.44. The van der Waals surface area contributed by atoms with Crippen molar-refractivity contribution in [3.05, 3.63) is 15.8 Å². The minimum atomic E-state index is -3.97. The van der Waals surface area contributed by atoms with E-state index in [0.717, 1.165) is 15.6 Å². The first kappa shape index (κ1) is 14.9. The first-order valence-electron chi connectivity index (χ1n) is 5.80. The van der Waals surface area contributed by atoms with E-state index in [4.69, 9.17) is 5.11 Å². The molecule has 0 aliphatic carbocycles. The summed E-state index contributed by atoms with van der Waals surface area (Å²) in [5.41, 5.74) is 0.388. The standard InChI is InChI=1S/C11H14N2O5S2/c1-7-6-19-9(11(15)16)10(7)20(17,18)13-4-3-12(2)8(14)5-13/h6H,3-5H2,1-2H3,(H,15,16). The number of rotatable bonds is 3. The fourth-order valence-electron chi connectivity index (χ4n) is 1.97. The number of sulfonamides is 1. The molecule has 0 radical (unpaired) electrons. The van der Waals surface area contributed by atoms with Crippen LogP contribution in [0.2, 0.25) is 0 Å². The van der Waals surface area contributed by atoms with Crippen molar-refractivity contribution in [2.75, 3.05) is 26.7 Å². The summed E-state index contributed by atoms with van der Waals surface area (Å²) in [4.78, 5) is 23.8. The van der Waals surface area contributed by atoms with E-state index in [1.54, 1.807) is 14.0 Å². The van der Waals surface area contributed by atoms with Crippen molar-refractivity contribution in [2.45, 2.75) is 11.8 Å². The normalized spacial score (nSPS) is 17.5. The Labute approximate surface area is 120 Å². The van der Waals surface area contributed by atoms with Gasteiger partial charge in [-0.2, -0.15) is 4.31 Å². The van der Waals surface area contributed by atoms with Crippen LogP contribution in [0.1, 0.15) is 15.2 Å². The third-order valence-corrected chi connectivity index (χ3v) is 6.38. The second-order valence-corrected chi connectivity index (χ2v) is 7.29. The SMILES string of the molecule is Cc1csc(C(=O)O)c1S(=O)(=O)N1CCN(C)C(=O)C1. The van der Waals surface area contributed by atoms with Gasteiger partial charge >= 0.3 is 5.97 Å². The van der Waals surface area contributed by atoms with Crippen molar-refractivity contribution >= 4 is 33.2 Å². The van der Waals surface area contributed by atoms with E-state index < -0.39 is 16.0 Å². The van der Waals surface area contributed by atoms with E-state index in [2.05, 4.69) is 0 Å². The maximum absolute atomic E-state index is 12.5. The Morgan fingerprint density at radius 1 is 1.40 bits per heavy atom. The van der Waals surface area contributed by atoms with Crippen molar-refractivity contribution in [3.63, 3.8) is 0 Å². The maximum atomic E-state index is 12.5. The number of aromatic carboxylic acids is 1. The van der Waals surface area contributed by atoms with E-state index in [-0.39, 0.29) is 28.8 Å². The van der Waals surface area contributed by atoms with Crippen LogP contribution in [-0.4, -0.2) is 61.3 Å². The topological polar surface area (TPSA) is 95.0 Å². The number of piperazine rings is 1. The molecule has 2 heterocycles. The Morgan fingerprint density at radius 3 is 2.60 bits per heavy atom. The second-order valence-electron chi connectivity index (χ2n) is 4.54. The third-order valence-electron chi connectivity index (χ3n) is 3.13. The number of hydrogen-bond acceptors (Lipinski definition) is 5. The number of carbonyl (C=O) groups excluding carboxylic acids is 1. The van der Waals surface area contributed by atoms with Crippen LogP contribution in [0.25, 0.3) is 0 Å². The Bertz CT molecular complexity index is 664. The van der Waals surface area contributed by atoms with Crippen molar-refractivity contribution in [1.82, 2.24) is 9.21 Å². The second kappa shape index (κ2) is 5.15. The molecule has 1 aromatic rings. The lowest BCUT2D eigenvalue weighted by atomic mass is 10.3. The van der Waals surface area contributed by atoms with Crippen molar-refractivity contribution in [1.29, 1.82) is 0 Å². The average molecular weight is 318 g/mol. The van der Waals surface area contributed by atoms with Crippen LogP contribution in [0, 0.1) is 6.92 Å². The van der Waals surface area contributed by atoms with Crippen LogP contribution in [0.5, 0.6) is 0 Å². The minimum Gasteiger partial charge on any atom is -0.477 e. The molecule has 20 heavy (non-hydrogen) atoms. The number of likely N-dealkylation sites (N-methyl/N-ethyl adjacent to an activating group) is 1. The van der Waals surface area contributed by atoms with Crippen molar-refractivity contribution < 1.29 is 23.1 Å². The molecule has 0 saturated carbocycles. The van der Waals surface area contributed by atoms with Crippen LogP contribution in [0.3, 0.4) is 0 Å².